The maximum absolute atomic E-state index is 13.1. The first-order valence-electron chi connectivity index (χ1n) is 10.3. The summed E-state index contributed by atoms with van der Waals surface area (Å²) in [5.74, 6) is 2.24. The number of aromatic nitrogens is 2. The first-order chi connectivity index (χ1) is 15.1. The summed E-state index contributed by atoms with van der Waals surface area (Å²) in [4.78, 5) is 16.9. The molecule has 0 unspecified atom stereocenters. The van der Waals surface area contributed by atoms with Crippen molar-refractivity contribution in [3.8, 4) is 11.5 Å². The van der Waals surface area contributed by atoms with Crippen molar-refractivity contribution < 1.29 is 13.9 Å². The Hall–Kier alpha value is -3.68. The second-order valence-corrected chi connectivity index (χ2v) is 7.17. The predicted molar refractivity (Wildman–Crippen MR) is 117 cm³/mol. The molecule has 4 rings (SSSR count). The summed E-state index contributed by atoms with van der Waals surface area (Å²) < 4.78 is 18.8. The van der Waals surface area contributed by atoms with E-state index in [0.717, 1.165) is 18.2 Å². The van der Waals surface area contributed by atoms with Crippen LogP contribution in [0.4, 0.5) is 16.0 Å². The van der Waals surface area contributed by atoms with Gasteiger partial charge in [0.25, 0.3) is 5.91 Å². The first-order valence-corrected chi connectivity index (χ1v) is 10.3. The normalized spacial score (nSPS) is 13.7. The van der Waals surface area contributed by atoms with Crippen LogP contribution in [-0.2, 0) is 0 Å². The van der Waals surface area contributed by atoms with Crippen LogP contribution in [-0.4, -0.2) is 53.7 Å². The van der Waals surface area contributed by atoms with E-state index in [0.29, 0.717) is 43.2 Å². The number of nitrogens with one attached hydrogen (secondary N) is 1. The molecule has 0 spiro atoms. The molecule has 1 N–H and O–H groups in total. The number of ether oxygens (including phenoxy) is 1. The monoisotopic (exact) mass is 421 g/mol. The number of carbonyl (C=O) groups is 1. The number of halogens is 1. The van der Waals surface area contributed by atoms with Gasteiger partial charge in [0.05, 0.1) is 0 Å². The van der Waals surface area contributed by atoms with Gasteiger partial charge < -0.3 is 19.9 Å². The number of piperazine rings is 1. The van der Waals surface area contributed by atoms with E-state index < -0.39 is 0 Å². The Morgan fingerprint density at radius 3 is 2.45 bits per heavy atom. The van der Waals surface area contributed by atoms with Crippen LogP contribution in [0.3, 0.4) is 0 Å². The fraction of sp³-hybridized carbons (Fsp3) is 0.261. The summed E-state index contributed by atoms with van der Waals surface area (Å²) in [6.45, 7) is 5.37. The minimum absolute atomic E-state index is 0.0437. The minimum atomic E-state index is -0.324. The zero-order valence-corrected chi connectivity index (χ0v) is 17.3. The number of carbonyl (C=O) groups excluding carboxylic acids is 1. The van der Waals surface area contributed by atoms with E-state index in [1.54, 1.807) is 36.4 Å². The van der Waals surface area contributed by atoms with Crippen molar-refractivity contribution in [1.82, 2.24) is 15.1 Å². The molecule has 31 heavy (non-hydrogen) atoms. The summed E-state index contributed by atoms with van der Waals surface area (Å²) in [7, 11) is 0. The summed E-state index contributed by atoms with van der Waals surface area (Å²) in [6, 6.07) is 16.7. The third-order valence-corrected chi connectivity index (χ3v) is 5.03. The molecule has 1 fully saturated rings. The van der Waals surface area contributed by atoms with Gasteiger partial charge in [0, 0.05) is 38.3 Å². The molecule has 1 aliphatic rings. The number of hydrogen-bond acceptors (Lipinski definition) is 6. The largest absolute Gasteiger partial charge is 0.457 e. The van der Waals surface area contributed by atoms with E-state index in [-0.39, 0.29) is 11.7 Å². The van der Waals surface area contributed by atoms with E-state index in [1.807, 2.05) is 24.0 Å². The molecule has 0 radical (unpaired) electrons. The lowest BCUT2D eigenvalue weighted by Gasteiger charge is -2.35. The summed E-state index contributed by atoms with van der Waals surface area (Å²) in [6.07, 6.45) is 0. The molecule has 2 aromatic carbocycles. The summed E-state index contributed by atoms with van der Waals surface area (Å²) in [5.41, 5.74) is 0.558. The molecule has 3 aromatic rings. The van der Waals surface area contributed by atoms with Crippen molar-refractivity contribution in [2.75, 3.05) is 42.9 Å². The van der Waals surface area contributed by atoms with Crippen molar-refractivity contribution in [2.24, 2.45) is 0 Å². The Balaban J connectivity index is 1.36. The van der Waals surface area contributed by atoms with Crippen LogP contribution in [0.1, 0.15) is 17.3 Å². The second-order valence-electron chi connectivity index (χ2n) is 7.17. The quantitative estimate of drug-likeness (QED) is 0.653. The number of amides is 1. The number of benzene rings is 2. The number of rotatable bonds is 6. The summed E-state index contributed by atoms with van der Waals surface area (Å²) in [5, 5.41) is 11.6. The maximum Gasteiger partial charge on any atom is 0.254 e. The highest BCUT2D eigenvalue weighted by molar-refractivity contribution is 5.94. The molecule has 0 atom stereocenters. The highest BCUT2D eigenvalue weighted by Gasteiger charge is 2.23. The van der Waals surface area contributed by atoms with E-state index in [1.165, 1.54) is 12.1 Å². The van der Waals surface area contributed by atoms with E-state index in [9.17, 15) is 9.18 Å². The minimum Gasteiger partial charge on any atom is -0.457 e. The third kappa shape index (κ3) is 5.09. The van der Waals surface area contributed by atoms with Crippen LogP contribution in [0.25, 0.3) is 0 Å². The van der Waals surface area contributed by atoms with Gasteiger partial charge in [-0.2, -0.15) is 0 Å². The van der Waals surface area contributed by atoms with Gasteiger partial charge in [-0.25, -0.2) is 4.39 Å². The van der Waals surface area contributed by atoms with Gasteiger partial charge in [0.15, 0.2) is 5.82 Å². The zero-order chi connectivity index (χ0) is 21.6. The van der Waals surface area contributed by atoms with E-state index in [2.05, 4.69) is 20.4 Å². The topological polar surface area (TPSA) is 70.6 Å². The Morgan fingerprint density at radius 1 is 1.00 bits per heavy atom. The van der Waals surface area contributed by atoms with Crippen molar-refractivity contribution >= 4 is 17.5 Å². The van der Waals surface area contributed by atoms with E-state index >= 15 is 0 Å². The van der Waals surface area contributed by atoms with Crippen LogP contribution >= 0.6 is 0 Å². The van der Waals surface area contributed by atoms with E-state index in [4.69, 9.17) is 4.74 Å². The van der Waals surface area contributed by atoms with Crippen molar-refractivity contribution in [2.45, 2.75) is 6.92 Å². The predicted octanol–water partition coefficient (Wildman–Crippen LogP) is 3.80. The smallest absolute Gasteiger partial charge is 0.254 e. The summed E-state index contributed by atoms with van der Waals surface area (Å²) >= 11 is 0. The molecule has 7 nitrogen and oxygen atoms in total. The average Bonchev–Trinajstić information content (AvgIpc) is 2.81. The number of anilines is 2. The van der Waals surface area contributed by atoms with Crippen molar-refractivity contribution in [1.29, 1.82) is 0 Å². The van der Waals surface area contributed by atoms with Gasteiger partial charge in [-0.1, -0.05) is 6.07 Å². The van der Waals surface area contributed by atoms with Crippen LogP contribution in [0, 0.1) is 5.82 Å². The molecule has 2 heterocycles. The van der Waals surface area contributed by atoms with Crippen molar-refractivity contribution in [3.05, 3.63) is 72.0 Å². The molecule has 0 bridgehead atoms. The molecule has 160 valence electrons. The molecule has 0 aliphatic carbocycles. The van der Waals surface area contributed by atoms with Gasteiger partial charge >= 0.3 is 0 Å². The Morgan fingerprint density at radius 2 is 1.77 bits per heavy atom. The Labute approximate surface area is 180 Å². The lowest BCUT2D eigenvalue weighted by atomic mass is 10.1. The van der Waals surface area contributed by atoms with Crippen molar-refractivity contribution in [3.63, 3.8) is 0 Å². The SMILES string of the molecule is CCNc1ccc(N2CCN(C(=O)c3cccc(Oc4ccc(F)cc4)c3)CC2)nn1. The van der Waals surface area contributed by atoms with Crippen LogP contribution in [0.15, 0.2) is 60.7 Å². The number of nitrogens with zero attached hydrogens (tertiary/aromatic N) is 4. The van der Waals surface area contributed by atoms with Gasteiger partial charge in [-0.05, 0) is 61.5 Å². The van der Waals surface area contributed by atoms with Crippen LogP contribution in [0.5, 0.6) is 11.5 Å². The van der Waals surface area contributed by atoms with Gasteiger partial charge in [-0.3, -0.25) is 4.79 Å². The first kappa shape index (κ1) is 20.6. The second kappa shape index (κ2) is 9.42. The molecule has 1 amide bonds. The van der Waals surface area contributed by atoms with Crippen LogP contribution < -0.4 is 15.0 Å². The molecular formula is C23H24FN5O2. The standard InChI is InChI=1S/C23H24FN5O2/c1-2-25-21-10-11-22(27-26-21)28-12-14-29(15-13-28)23(30)17-4-3-5-20(16-17)31-19-8-6-18(24)7-9-19/h3-11,16H,2,12-15H2,1H3,(H,25,26). The lowest BCUT2D eigenvalue weighted by Crippen LogP contribution is -2.49. The fourth-order valence-corrected chi connectivity index (χ4v) is 3.42. The lowest BCUT2D eigenvalue weighted by molar-refractivity contribution is 0.0746. The zero-order valence-electron chi connectivity index (χ0n) is 17.3. The van der Waals surface area contributed by atoms with Gasteiger partial charge in [0.1, 0.15) is 23.1 Å². The number of hydrogen-bond donors (Lipinski definition) is 1. The Kier molecular flexibility index (Phi) is 6.26. The molecule has 8 heteroatoms. The highest BCUT2D eigenvalue weighted by Crippen LogP contribution is 2.23. The highest BCUT2D eigenvalue weighted by atomic mass is 19.1. The molecule has 1 aromatic heterocycles. The molecule has 0 saturated carbocycles. The third-order valence-electron chi connectivity index (χ3n) is 5.03. The molecule has 1 aliphatic heterocycles. The molecular weight excluding hydrogens is 397 g/mol. The maximum atomic E-state index is 13.1. The fourth-order valence-electron chi connectivity index (χ4n) is 3.42. The molecule has 1 saturated heterocycles. The average molecular weight is 421 g/mol. The Bertz CT molecular complexity index is 1020. The van der Waals surface area contributed by atoms with Crippen LogP contribution in [0.2, 0.25) is 0 Å². The van der Waals surface area contributed by atoms with Gasteiger partial charge in [-0.15, -0.1) is 10.2 Å². The van der Waals surface area contributed by atoms with Gasteiger partial charge in [0.2, 0.25) is 0 Å².